The van der Waals surface area contributed by atoms with E-state index in [2.05, 4.69) is 32.6 Å². The van der Waals surface area contributed by atoms with Gasteiger partial charge in [-0.15, -0.1) is 6.58 Å². The number of allylic oxidation sites excluding steroid dienone is 1. The monoisotopic (exact) mass is 246 g/mol. The smallest absolute Gasteiger partial charge is 0.307 e. The lowest BCUT2D eigenvalue weighted by Crippen LogP contribution is -2.06. The van der Waals surface area contributed by atoms with E-state index in [0.717, 1.165) is 36.0 Å². The first-order chi connectivity index (χ1) is 8.43. The average Bonchev–Trinajstić information content (AvgIpc) is 2.28. The van der Waals surface area contributed by atoms with Gasteiger partial charge in [0.2, 0.25) is 0 Å². The first kappa shape index (κ1) is 14.5. The summed E-state index contributed by atoms with van der Waals surface area (Å²) in [6.45, 7) is 10.1. The van der Waals surface area contributed by atoms with Crippen LogP contribution in [-0.4, -0.2) is 11.1 Å². The first-order valence-corrected chi connectivity index (χ1v) is 6.41. The van der Waals surface area contributed by atoms with Crippen molar-refractivity contribution in [3.05, 3.63) is 46.5 Å². The lowest BCUT2D eigenvalue weighted by atomic mass is 9.93. The van der Waals surface area contributed by atoms with Crippen LogP contribution in [0.25, 0.3) is 0 Å². The summed E-state index contributed by atoms with van der Waals surface area (Å²) in [7, 11) is 0. The molecule has 0 aliphatic heterocycles. The number of hydrogen-bond donors (Lipinski definition) is 1. The summed E-state index contributed by atoms with van der Waals surface area (Å²) in [5.74, 6) is -0.766. The van der Waals surface area contributed by atoms with Crippen molar-refractivity contribution in [3.63, 3.8) is 0 Å². The molecule has 2 heteroatoms. The van der Waals surface area contributed by atoms with E-state index < -0.39 is 5.97 Å². The van der Waals surface area contributed by atoms with Crippen molar-refractivity contribution in [3.8, 4) is 0 Å². The predicted octanol–water partition coefficient (Wildman–Crippen LogP) is 3.69. The van der Waals surface area contributed by atoms with E-state index in [0.29, 0.717) is 0 Å². The molecular weight excluding hydrogens is 224 g/mol. The van der Waals surface area contributed by atoms with E-state index in [1.807, 2.05) is 6.92 Å². The van der Waals surface area contributed by atoms with Crippen LogP contribution in [0.1, 0.15) is 42.5 Å². The van der Waals surface area contributed by atoms with Gasteiger partial charge in [0, 0.05) is 0 Å². The Morgan fingerprint density at radius 1 is 1.28 bits per heavy atom. The van der Waals surface area contributed by atoms with Crippen LogP contribution >= 0.6 is 0 Å². The lowest BCUT2D eigenvalue weighted by Gasteiger charge is -2.13. The second kappa shape index (κ2) is 6.39. The van der Waals surface area contributed by atoms with Crippen LogP contribution in [0.5, 0.6) is 0 Å². The van der Waals surface area contributed by atoms with Gasteiger partial charge in [-0.05, 0) is 55.4 Å². The van der Waals surface area contributed by atoms with E-state index in [4.69, 9.17) is 5.11 Å². The number of aliphatic carboxylic acids is 1. The number of rotatable bonds is 6. The molecule has 0 fully saturated rings. The van der Waals surface area contributed by atoms with Gasteiger partial charge in [-0.2, -0.15) is 0 Å². The molecule has 2 nitrogen and oxygen atoms in total. The molecule has 1 aromatic carbocycles. The number of carbonyl (C=O) groups is 1. The molecular formula is C16H22O2. The molecule has 0 atom stereocenters. The van der Waals surface area contributed by atoms with Crippen LogP contribution in [0, 0.1) is 6.92 Å². The third-order valence-corrected chi connectivity index (χ3v) is 3.20. The van der Waals surface area contributed by atoms with Crippen molar-refractivity contribution in [2.24, 2.45) is 0 Å². The number of carboxylic acid groups (broad SMARTS) is 1. The van der Waals surface area contributed by atoms with Crippen LogP contribution < -0.4 is 0 Å². The number of hydrogen-bond acceptors (Lipinski definition) is 1. The molecule has 0 aliphatic carbocycles. The minimum absolute atomic E-state index is 0.110. The fourth-order valence-corrected chi connectivity index (χ4v) is 2.15. The molecule has 1 aromatic rings. The molecule has 98 valence electrons. The number of aryl methyl sites for hydroxylation is 3. The molecule has 0 spiro atoms. The Morgan fingerprint density at radius 3 is 2.44 bits per heavy atom. The summed E-state index contributed by atoms with van der Waals surface area (Å²) in [6, 6.07) is 4.19. The van der Waals surface area contributed by atoms with E-state index >= 15 is 0 Å². The van der Waals surface area contributed by atoms with Crippen LogP contribution in [-0.2, 0) is 24.1 Å². The molecule has 0 unspecified atom stereocenters. The van der Waals surface area contributed by atoms with Crippen LogP contribution in [0.2, 0.25) is 0 Å². The molecule has 1 rings (SSSR count). The van der Waals surface area contributed by atoms with Crippen LogP contribution in [0.4, 0.5) is 0 Å². The molecule has 1 N–H and O–H groups in total. The summed E-state index contributed by atoms with van der Waals surface area (Å²) in [4.78, 5) is 10.9. The van der Waals surface area contributed by atoms with Crippen LogP contribution in [0.15, 0.2) is 24.3 Å². The molecule has 0 saturated carbocycles. The van der Waals surface area contributed by atoms with Crippen molar-refractivity contribution in [2.45, 2.75) is 46.5 Å². The molecule has 0 heterocycles. The SMILES string of the molecule is C=C(C)CCc1cc(C)c(CC)cc1CC(=O)O. The summed E-state index contributed by atoms with van der Waals surface area (Å²) >= 11 is 0. The average molecular weight is 246 g/mol. The van der Waals surface area contributed by atoms with E-state index in [9.17, 15) is 4.79 Å². The van der Waals surface area contributed by atoms with Gasteiger partial charge >= 0.3 is 5.97 Å². The van der Waals surface area contributed by atoms with Crippen LogP contribution in [0.3, 0.4) is 0 Å². The first-order valence-electron chi connectivity index (χ1n) is 6.41. The highest BCUT2D eigenvalue weighted by molar-refractivity contribution is 5.71. The second-order valence-corrected chi connectivity index (χ2v) is 4.93. The number of benzene rings is 1. The van der Waals surface area contributed by atoms with Crippen molar-refractivity contribution < 1.29 is 9.90 Å². The standard InChI is InChI=1S/C16H22O2/c1-5-13-9-15(10-16(17)18)14(8-12(13)4)7-6-11(2)3/h8-9H,2,5-7,10H2,1,3-4H3,(H,17,18). The Bertz CT molecular complexity index is 458. The molecule has 0 aromatic heterocycles. The zero-order valence-electron chi connectivity index (χ0n) is 11.5. The highest BCUT2D eigenvalue weighted by Crippen LogP contribution is 2.20. The molecule has 18 heavy (non-hydrogen) atoms. The lowest BCUT2D eigenvalue weighted by molar-refractivity contribution is -0.136. The van der Waals surface area contributed by atoms with Crippen molar-refractivity contribution in [1.29, 1.82) is 0 Å². The Hall–Kier alpha value is -1.57. The van der Waals surface area contributed by atoms with E-state index in [1.54, 1.807) is 0 Å². The van der Waals surface area contributed by atoms with Gasteiger partial charge in [0.05, 0.1) is 6.42 Å². The Kier molecular flexibility index (Phi) is 5.14. The Labute approximate surface area is 109 Å². The van der Waals surface area contributed by atoms with Gasteiger partial charge < -0.3 is 5.11 Å². The summed E-state index contributed by atoms with van der Waals surface area (Å²) in [5.41, 5.74) is 5.73. The highest BCUT2D eigenvalue weighted by atomic mass is 16.4. The summed E-state index contributed by atoms with van der Waals surface area (Å²) < 4.78 is 0. The zero-order valence-corrected chi connectivity index (χ0v) is 11.5. The van der Waals surface area contributed by atoms with E-state index in [-0.39, 0.29) is 6.42 Å². The molecule has 0 amide bonds. The second-order valence-electron chi connectivity index (χ2n) is 4.93. The van der Waals surface area contributed by atoms with Crippen molar-refractivity contribution in [2.75, 3.05) is 0 Å². The normalized spacial score (nSPS) is 10.4. The maximum absolute atomic E-state index is 10.9. The van der Waals surface area contributed by atoms with Gasteiger partial charge in [0.15, 0.2) is 0 Å². The third kappa shape index (κ3) is 4.02. The Balaban J connectivity index is 3.07. The minimum atomic E-state index is -0.766. The maximum Gasteiger partial charge on any atom is 0.307 e. The Morgan fingerprint density at radius 2 is 1.94 bits per heavy atom. The molecule has 0 bridgehead atoms. The van der Waals surface area contributed by atoms with Gasteiger partial charge in [-0.1, -0.05) is 24.6 Å². The molecule has 0 aliphatic rings. The summed E-state index contributed by atoms with van der Waals surface area (Å²) in [6.07, 6.45) is 2.85. The molecule has 0 radical (unpaired) electrons. The van der Waals surface area contributed by atoms with Crippen molar-refractivity contribution in [1.82, 2.24) is 0 Å². The fourth-order valence-electron chi connectivity index (χ4n) is 2.15. The maximum atomic E-state index is 10.9. The third-order valence-electron chi connectivity index (χ3n) is 3.20. The molecule has 0 saturated heterocycles. The summed E-state index contributed by atoms with van der Waals surface area (Å²) in [5, 5.41) is 8.98. The van der Waals surface area contributed by atoms with Gasteiger partial charge in [0.25, 0.3) is 0 Å². The predicted molar refractivity (Wildman–Crippen MR) is 75.0 cm³/mol. The fraction of sp³-hybridized carbons (Fsp3) is 0.438. The van der Waals surface area contributed by atoms with Crippen molar-refractivity contribution >= 4 is 5.97 Å². The van der Waals surface area contributed by atoms with Gasteiger partial charge in [-0.25, -0.2) is 0 Å². The largest absolute Gasteiger partial charge is 0.481 e. The van der Waals surface area contributed by atoms with E-state index in [1.165, 1.54) is 11.1 Å². The number of carboxylic acids is 1. The minimum Gasteiger partial charge on any atom is -0.481 e. The highest BCUT2D eigenvalue weighted by Gasteiger charge is 2.10. The quantitative estimate of drug-likeness (QED) is 0.777. The van der Waals surface area contributed by atoms with Gasteiger partial charge in [0.1, 0.15) is 0 Å². The van der Waals surface area contributed by atoms with Gasteiger partial charge in [-0.3, -0.25) is 4.79 Å². The topological polar surface area (TPSA) is 37.3 Å². The zero-order chi connectivity index (χ0) is 13.7.